The number of aliphatic hydroxyl groups excluding tert-OH is 1. The molecule has 4 rings (SSSR count). The first-order valence-electron chi connectivity index (χ1n) is 10.7. The molecule has 1 N–H and O–H groups in total. The molecule has 2 saturated heterocycles. The molecule has 0 bridgehead atoms. The summed E-state index contributed by atoms with van der Waals surface area (Å²) in [5.74, 6) is -1.62. The normalized spacial score (nSPS) is 21.9. The van der Waals surface area contributed by atoms with E-state index in [1.807, 2.05) is 0 Å². The number of Topliss-reactive ketones (excluding diaryl/α,β-unsaturated/α-hetero) is 1. The van der Waals surface area contributed by atoms with Gasteiger partial charge in [0.15, 0.2) is 0 Å². The smallest absolute Gasteiger partial charge is 0.337 e. The molecule has 8 heteroatoms. The second-order valence-corrected chi connectivity index (χ2v) is 7.93. The Hall–Kier alpha value is -3.65. The third kappa shape index (κ3) is 4.34. The molecule has 2 fully saturated rings. The second-order valence-electron chi connectivity index (χ2n) is 7.93. The van der Waals surface area contributed by atoms with Crippen LogP contribution in [0, 0.1) is 0 Å². The summed E-state index contributed by atoms with van der Waals surface area (Å²) >= 11 is 0. The molecular weight excluding hydrogens is 426 g/mol. The van der Waals surface area contributed by atoms with Crippen molar-refractivity contribution in [3.63, 3.8) is 0 Å². The lowest BCUT2D eigenvalue weighted by Gasteiger charge is -2.27. The van der Waals surface area contributed by atoms with E-state index >= 15 is 0 Å². The fourth-order valence-electron chi connectivity index (χ4n) is 4.25. The standard InChI is InChI=1S/C25H25NO7/c1-31-18-11-9-16(10-12-18)22(27)20-21(15-5-7-17(8-6-15)25(30)32-2)26(24(29)23(20)28)14-19-4-3-13-33-19/h5-12,19,21,27H,3-4,13-14H2,1-2H3/b22-20+/t19-,21+/m0/s1. The van der Waals surface area contributed by atoms with E-state index in [9.17, 15) is 19.5 Å². The van der Waals surface area contributed by atoms with Gasteiger partial charge in [-0.1, -0.05) is 12.1 Å². The van der Waals surface area contributed by atoms with E-state index in [1.165, 1.54) is 19.1 Å². The van der Waals surface area contributed by atoms with Crippen molar-refractivity contribution in [1.29, 1.82) is 0 Å². The number of ketones is 1. The lowest BCUT2D eigenvalue weighted by Crippen LogP contribution is -2.36. The molecule has 0 aromatic heterocycles. The maximum Gasteiger partial charge on any atom is 0.337 e. The number of carbonyl (C=O) groups is 3. The highest BCUT2D eigenvalue weighted by Gasteiger charge is 2.47. The summed E-state index contributed by atoms with van der Waals surface area (Å²) in [7, 11) is 2.82. The molecule has 0 aliphatic carbocycles. The van der Waals surface area contributed by atoms with Crippen LogP contribution in [0.3, 0.4) is 0 Å². The van der Waals surface area contributed by atoms with E-state index in [-0.39, 0.29) is 24.0 Å². The molecule has 2 aromatic rings. The fraction of sp³-hybridized carbons (Fsp3) is 0.320. The number of amides is 1. The van der Waals surface area contributed by atoms with Gasteiger partial charge in [-0.25, -0.2) is 4.79 Å². The minimum Gasteiger partial charge on any atom is -0.507 e. The van der Waals surface area contributed by atoms with E-state index < -0.39 is 23.7 Å². The molecule has 0 unspecified atom stereocenters. The molecule has 2 aliphatic rings. The Morgan fingerprint density at radius 3 is 2.30 bits per heavy atom. The van der Waals surface area contributed by atoms with Crippen LogP contribution in [0.25, 0.3) is 5.76 Å². The number of aliphatic hydroxyl groups is 1. The van der Waals surface area contributed by atoms with Gasteiger partial charge in [0, 0.05) is 18.7 Å². The number of carbonyl (C=O) groups excluding carboxylic acids is 3. The largest absolute Gasteiger partial charge is 0.507 e. The monoisotopic (exact) mass is 451 g/mol. The third-order valence-electron chi connectivity index (χ3n) is 5.98. The van der Waals surface area contributed by atoms with Crippen molar-refractivity contribution in [2.75, 3.05) is 27.4 Å². The number of ether oxygens (including phenoxy) is 3. The van der Waals surface area contributed by atoms with Gasteiger partial charge in [-0.2, -0.15) is 0 Å². The summed E-state index contributed by atoms with van der Waals surface area (Å²) in [4.78, 5) is 39.4. The molecule has 172 valence electrons. The Kier molecular flexibility index (Phi) is 6.46. The van der Waals surface area contributed by atoms with E-state index in [0.717, 1.165) is 12.8 Å². The molecule has 0 saturated carbocycles. The predicted octanol–water partition coefficient (Wildman–Crippen LogP) is 3.08. The Bertz CT molecular complexity index is 1080. The van der Waals surface area contributed by atoms with E-state index in [0.29, 0.717) is 29.0 Å². The summed E-state index contributed by atoms with van der Waals surface area (Å²) in [5, 5.41) is 11.1. The van der Waals surface area contributed by atoms with Crippen LogP contribution in [-0.2, 0) is 19.1 Å². The van der Waals surface area contributed by atoms with Gasteiger partial charge in [0.2, 0.25) is 0 Å². The first-order chi connectivity index (χ1) is 15.9. The molecule has 1 amide bonds. The number of hydrogen-bond donors (Lipinski definition) is 1. The van der Waals surface area contributed by atoms with Crippen molar-refractivity contribution in [1.82, 2.24) is 4.90 Å². The number of esters is 1. The van der Waals surface area contributed by atoms with Gasteiger partial charge in [0.1, 0.15) is 11.5 Å². The van der Waals surface area contributed by atoms with Crippen molar-refractivity contribution in [3.05, 3.63) is 70.8 Å². The first kappa shape index (κ1) is 22.5. The third-order valence-corrected chi connectivity index (χ3v) is 5.98. The van der Waals surface area contributed by atoms with Crippen molar-refractivity contribution in [3.8, 4) is 5.75 Å². The highest BCUT2D eigenvalue weighted by molar-refractivity contribution is 6.46. The minimum atomic E-state index is -0.817. The quantitative estimate of drug-likeness (QED) is 0.312. The zero-order valence-electron chi connectivity index (χ0n) is 18.4. The number of benzene rings is 2. The van der Waals surface area contributed by atoms with E-state index in [4.69, 9.17) is 14.2 Å². The maximum atomic E-state index is 13.1. The van der Waals surface area contributed by atoms with Gasteiger partial charge in [0.05, 0.1) is 37.5 Å². The number of hydrogen-bond acceptors (Lipinski definition) is 7. The van der Waals surface area contributed by atoms with Crippen molar-refractivity contribution >= 4 is 23.4 Å². The maximum absolute atomic E-state index is 13.1. The summed E-state index contributed by atoms with van der Waals surface area (Å²) in [6, 6.07) is 12.2. The molecule has 0 radical (unpaired) electrons. The average Bonchev–Trinajstić information content (AvgIpc) is 3.45. The number of nitrogens with zero attached hydrogens (tertiary/aromatic N) is 1. The van der Waals surface area contributed by atoms with E-state index in [2.05, 4.69) is 0 Å². The average molecular weight is 451 g/mol. The Labute approximate surface area is 191 Å². The van der Waals surface area contributed by atoms with Crippen LogP contribution in [0.2, 0.25) is 0 Å². The predicted molar refractivity (Wildman–Crippen MR) is 119 cm³/mol. The molecule has 0 spiro atoms. The van der Waals surface area contributed by atoms with Crippen LogP contribution in [0.15, 0.2) is 54.1 Å². The van der Waals surface area contributed by atoms with Gasteiger partial charge in [-0.15, -0.1) is 0 Å². The van der Waals surface area contributed by atoms with Crippen LogP contribution in [0.1, 0.15) is 40.4 Å². The fourth-order valence-corrected chi connectivity index (χ4v) is 4.25. The van der Waals surface area contributed by atoms with Crippen LogP contribution < -0.4 is 4.74 Å². The Balaban J connectivity index is 1.79. The van der Waals surface area contributed by atoms with Crippen molar-refractivity contribution < 1.29 is 33.7 Å². The zero-order valence-corrected chi connectivity index (χ0v) is 18.4. The van der Waals surface area contributed by atoms with Crippen LogP contribution in [0.4, 0.5) is 0 Å². The van der Waals surface area contributed by atoms with Gasteiger partial charge in [-0.05, 0) is 54.8 Å². The minimum absolute atomic E-state index is 0.00557. The topological polar surface area (TPSA) is 102 Å². The molecule has 2 atom stereocenters. The van der Waals surface area contributed by atoms with Gasteiger partial charge in [-0.3, -0.25) is 9.59 Å². The van der Waals surface area contributed by atoms with Crippen molar-refractivity contribution in [2.24, 2.45) is 0 Å². The highest BCUT2D eigenvalue weighted by Crippen LogP contribution is 2.40. The number of rotatable bonds is 6. The first-order valence-corrected chi connectivity index (χ1v) is 10.7. The lowest BCUT2D eigenvalue weighted by molar-refractivity contribution is -0.140. The van der Waals surface area contributed by atoms with Crippen molar-refractivity contribution in [2.45, 2.75) is 25.0 Å². The molecule has 2 aromatic carbocycles. The number of likely N-dealkylation sites (tertiary alicyclic amines) is 1. The van der Waals surface area contributed by atoms with E-state index in [1.54, 1.807) is 48.5 Å². The molecule has 2 heterocycles. The summed E-state index contributed by atoms with van der Waals surface area (Å²) < 4.78 is 15.6. The van der Waals surface area contributed by atoms with Crippen LogP contribution in [0.5, 0.6) is 5.75 Å². The van der Waals surface area contributed by atoms with Gasteiger partial charge in [0.25, 0.3) is 11.7 Å². The molecule has 2 aliphatic heterocycles. The Morgan fingerprint density at radius 1 is 1.06 bits per heavy atom. The molecular formula is C25H25NO7. The van der Waals surface area contributed by atoms with Gasteiger partial charge < -0.3 is 24.2 Å². The van der Waals surface area contributed by atoms with Crippen LogP contribution >= 0.6 is 0 Å². The van der Waals surface area contributed by atoms with Crippen LogP contribution in [-0.4, -0.2) is 61.1 Å². The summed E-state index contributed by atoms with van der Waals surface area (Å²) in [5.41, 5.74) is 1.32. The number of methoxy groups -OCH3 is 2. The van der Waals surface area contributed by atoms with Gasteiger partial charge >= 0.3 is 5.97 Å². The summed E-state index contributed by atoms with van der Waals surface area (Å²) in [6.45, 7) is 0.840. The summed E-state index contributed by atoms with van der Waals surface area (Å²) in [6.07, 6.45) is 1.50. The molecule has 8 nitrogen and oxygen atoms in total. The zero-order chi connectivity index (χ0) is 23.5. The highest BCUT2D eigenvalue weighted by atomic mass is 16.5. The Morgan fingerprint density at radius 2 is 1.73 bits per heavy atom. The SMILES string of the molecule is COC(=O)c1ccc([C@@H]2/C(=C(\O)c3ccc(OC)cc3)C(=O)C(=O)N2C[C@@H]2CCCO2)cc1. The lowest BCUT2D eigenvalue weighted by atomic mass is 9.94. The second kappa shape index (κ2) is 9.46. The molecule has 33 heavy (non-hydrogen) atoms.